The van der Waals surface area contributed by atoms with Gasteiger partial charge in [0.05, 0.1) is 12.1 Å². The summed E-state index contributed by atoms with van der Waals surface area (Å²) in [7, 11) is 0. The van der Waals surface area contributed by atoms with Crippen molar-refractivity contribution in [3.8, 4) is 0 Å². The van der Waals surface area contributed by atoms with E-state index in [1.165, 1.54) is 5.56 Å². The molecule has 2 nitrogen and oxygen atoms in total. The molecule has 1 aromatic rings. The third-order valence-electron chi connectivity index (χ3n) is 2.31. The van der Waals surface area contributed by atoms with E-state index in [1.807, 2.05) is 18.2 Å². The minimum absolute atomic E-state index is 0.211. The topological polar surface area (TPSA) is 46.2 Å². The van der Waals surface area contributed by atoms with Gasteiger partial charge in [-0.3, -0.25) is 0 Å². The van der Waals surface area contributed by atoms with Gasteiger partial charge < -0.3 is 10.8 Å². The number of halogens is 1. The average Bonchev–Trinajstić information content (AvgIpc) is 2.31. The monoisotopic (exact) mass is 227 g/mol. The Morgan fingerprint density at radius 3 is 3.00 bits per heavy atom. The third kappa shape index (κ3) is 1.18. The summed E-state index contributed by atoms with van der Waals surface area (Å²) < 4.78 is 1.02. The molecule has 12 heavy (non-hydrogen) atoms. The molecule has 2 rings (SSSR count). The molecule has 1 aromatic carbocycles. The van der Waals surface area contributed by atoms with E-state index in [-0.39, 0.29) is 6.04 Å². The fourth-order valence-corrected chi connectivity index (χ4v) is 2.00. The minimum atomic E-state index is -0.408. The highest BCUT2D eigenvalue weighted by atomic mass is 79.9. The maximum Gasteiger partial charge on any atom is 0.0773 e. The molecule has 1 aliphatic carbocycles. The Labute approximate surface area is 79.5 Å². The van der Waals surface area contributed by atoms with Gasteiger partial charge in [-0.2, -0.15) is 0 Å². The Kier molecular flexibility index (Phi) is 1.94. The largest absolute Gasteiger partial charge is 0.391 e. The Morgan fingerprint density at radius 1 is 1.50 bits per heavy atom. The first-order valence-corrected chi connectivity index (χ1v) is 4.70. The van der Waals surface area contributed by atoms with Gasteiger partial charge in [-0.25, -0.2) is 0 Å². The van der Waals surface area contributed by atoms with Crippen LogP contribution in [0, 0.1) is 0 Å². The van der Waals surface area contributed by atoms with Crippen LogP contribution in [0.25, 0.3) is 0 Å². The average molecular weight is 228 g/mol. The van der Waals surface area contributed by atoms with Crippen LogP contribution in [0.1, 0.15) is 17.2 Å². The Morgan fingerprint density at radius 2 is 2.25 bits per heavy atom. The Balaban J connectivity index is 2.48. The standard InChI is InChI=1S/C9H10BrNO/c10-6-2-1-5-3-8(12)9(11)7(5)4-6/h1-2,4,8-9,12H,3,11H2/t8-,9-/m1/s1. The normalized spacial score (nSPS) is 27.2. The van der Waals surface area contributed by atoms with E-state index in [0.29, 0.717) is 6.42 Å². The van der Waals surface area contributed by atoms with Crippen LogP contribution in [0.5, 0.6) is 0 Å². The summed E-state index contributed by atoms with van der Waals surface area (Å²) in [6.07, 6.45) is 0.276. The maximum absolute atomic E-state index is 9.47. The molecule has 64 valence electrons. The molecular weight excluding hydrogens is 218 g/mol. The van der Waals surface area contributed by atoms with E-state index in [1.54, 1.807) is 0 Å². The van der Waals surface area contributed by atoms with Gasteiger partial charge in [-0.1, -0.05) is 22.0 Å². The van der Waals surface area contributed by atoms with Gasteiger partial charge in [0, 0.05) is 10.9 Å². The lowest BCUT2D eigenvalue weighted by Gasteiger charge is -2.08. The number of benzene rings is 1. The van der Waals surface area contributed by atoms with Gasteiger partial charge in [0.15, 0.2) is 0 Å². The third-order valence-corrected chi connectivity index (χ3v) is 2.80. The molecule has 3 heteroatoms. The van der Waals surface area contributed by atoms with Crippen molar-refractivity contribution in [2.45, 2.75) is 18.6 Å². The number of rotatable bonds is 0. The van der Waals surface area contributed by atoms with Gasteiger partial charge in [0.25, 0.3) is 0 Å². The van der Waals surface area contributed by atoms with E-state index >= 15 is 0 Å². The molecule has 0 spiro atoms. The predicted octanol–water partition coefficient (Wildman–Crippen LogP) is 1.37. The van der Waals surface area contributed by atoms with E-state index in [0.717, 1.165) is 10.0 Å². The first-order valence-electron chi connectivity index (χ1n) is 3.90. The van der Waals surface area contributed by atoms with Crippen molar-refractivity contribution in [2.24, 2.45) is 5.73 Å². The van der Waals surface area contributed by atoms with Crippen LogP contribution >= 0.6 is 15.9 Å². The molecule has 0 saturated carbocycles. The second-order valence-electron chi connectivity index (χ2n) is 3.14. The van der Waals surface area contributed by atoms with E-state index in [4.69, 9.17) is 5.73 Å². The summed E-state index contributed by atoms with van der Waals surface area (Å²) >= 11 is 3.38. The second-order valence-corrected chi connectivity index (χ2v) is 4.06. The highest BCUT2D eigenvalue weighted by Gasteiger charge is 2.27. The molecule has 1 aliphatic rings. The van der Waals surface area contributed by atoms with E-state index in [9.17, 15) is 5.11 Å². The van der Waals surface area contributed by atoms with Gasteiger partial charge >= 0.3 is 0 Å². The fraction of sp³-hybridized carbons (Fsp3) is 0.333. The van der Waals surface area contributed by atoms with Gasteiger partial charge in [0.1, 0.15) is 0 Å². The predicted molar refractivity (Wildman–Crippen MR) is 50.8 cm³/mol. The van der Waals surface area contributed by atoms with Crippen molar-refractivity contribution < 1.29 is 5.11 Å². The first kappa shape index (κ1) is 8.23. The zero-order valence-corrected chi connectivity index (χ0v) is 8.08. The van der Waals surface area contributed by atoms with Crippen molar-refractivity contribution in [1.29, 1.82) is 0 Å². The molecule has 0 bridgehead atoms. The van der Waals surface area contributed by atoms with Crippen LogP contribution in [-0.4, -0.2) is 11.2 Å². The zero-order chi connectivity index (χ0) is 8.72. The maximum atomic E-state index is 9.47. The van der Waals surface area contributed by atoms with Gasteiger partial charge in [-0.15, -0.1) is 0 Å². The summed E-state index contributed by atoms with van der Waals surface area (Å²) in [5.74, 6) is 0. The summed E-state index contributed by atoms with van der Waals surface area (Å²) in [5, 5.41) is 9.47. The van der Waals surface area contributed by atoms with Crippen LogP contribution in [-0.2, 0) is 6.42 Å². The molecule has 0 saturated heterocycles. The number of hydrogen-bond donors (Lipinski definition) is 2. The molecule has 0 heterocycles. The minimum Gasteiger partial charge on any atom is -0.391 e. The summed E-state index contributed by atoms with van der Waals surface area (Å²) in [5.41, 5.74) is 8.02. The van der Waals surface area contributed by atoms with Crippen molar-refractivity contribution in [3.63, 3.8) is 0 Å². The number of aliphatic hydroxyl groups excluding tert-OH is 1. The number of fused-ring (bicyclic) bond motifs is 1. The Hall–Kier alpha value is -0.380. The highest BCUT2D eigenvalue weighted by Crippen LogP contribution is 2.31. The summed E-state index contributed by atoms with van der Waals surface area (Å²) in [6, 6.07) is 5.76. The lowest BCUT2D eigenvalue weighted by molar-refractivity contribution is 0.158. The van der Waals surface area contributed by atoms with Crippen LogP contribution in [0.2, 0.25) is 0 Å². The van der Waals surface area contributed by atoms with Crippen molar-refractivity contribution in [3.05, 3.63) is 33.8 Å². The number of hydrogen-bond acceptors (Lipinski definition) is 2. The SMILES string of the molecule is N[C@@H]1c2cc(Br)ccc2C[C@H]1O. The van der Waals surface area contributed by atoms with Gasteiger partial charge in [0.2, 0.25) is 0 Å². The van der Waals surface area contributed by atoms with E-state index < -0.39 is 6.10 Å². The first-order chi connectivity index (χ1) is 5.68. The molecule has 3 N–H and O–H groups in total. The molecule has 0 unspecified atom stereocenters. The van der Waals surface area contributed by atoms with Crippen LogP contribution < -0.4 is 5.73 Å². The molecule has 0 fully saturated rings. The molecule has 0 aliphatic heterocycles. The molecular formula is C9H10BrNO. The second kappa shape index (κ2) is 2.83. The van der Waals surface area contributed by atoms with Crippen molar-refractivity contribution in [1.82, 2.24) is 0 Å². The van der Waals surface area contributed by atoms with Crippen LogP contribution in [0.15, 0.2) is 22.7 Å². The van der Waals surface area contributed by atoms with Crippen molar-refractivity contribution in [2.75, 3.05) is 0 Å². The zero-order valence-electron chi connectivity index (χ0n) is 6.50. The Bertz CT molecular complexity index is 313. The molecule has 0 aromatic heterocycles. The van der Waals surface area contributed by atoms with Gasteiger partial charge in [-0.05, 0) is 23.3 Å². The van der Waals surface area contributed by atoms with E-state index in [2.05, 4.69) is 15.9 Å². The van der Waals surface area contributed by atoms with Crippen molar-refractivity contribution >= 4 is 15.9 Å². The quantitative estimate of drug-likeness (QED) is 0.704. The molecule has 0 amide bonds. The molecule has 2 atom stereocenters. The lowest BCUT2D eigenvalue weighted by Crippen LogP contribution is -2.21. The van der Waals surface area contributed by atoms with Crippen LogP contribution in [0.3, 0.4) is 0 Å². The smallest absolute Gasteiger partial charge is 0.0773 e. The highest BCUT2D eigenvalue weighted by molar-refractivity contribution is 9.10. The molecule has 0 radical (unpaired) electrons. The number of aliphatic hydroxyl groups is 1. The van der Waals surface area contributed by atoms with Crippen LogP contribution in [0.4, 0.5) is 0 Å². The number of nitrogens with two attached hydrogens (primary N) is 1. The summed E-state index contributed by atoms with van der Waals surface area (Å²) in [4.78, 5) is 0. The summed E-state index contributed by atoms with van der Waals surface area (Å²) in [6.45, 7) is 0. The lowest BCUT2D eigenvalue weighted by atomic mass is 10.1. The fourth-order valence-electron chi connectivity index (χ4n) is 1.62.